The van der Waals surface area contributed by atoms with Gasteiger partial charge in [-0.25, -0.2) is 0 Å². The molecule has 0 atom stereocenters. The van der Waals surface area contributed by atoms with Crippen LogP contribution in [0.2, 0.25) is 0 Å². The number of benzene rings is 2. The lowest BCUT2D eigenvalue weighted by atomic mass is 9.85. The largest absolute Gasteiger partial charge is 0.326 e. The Labute approximate surface area is 120 Å². The predicted octanol–water partition coefficient (Wildman–Crippen LogP) is 4.61. The van der Waals surface area contributed by atoms with Crippen molar-refractivity contribution in [2.75, 3.05) is 5.32 Å². The Bertz CT molecular complexity index is 623. The van der Waals surface area contributed by atoms with Crippen molar-refractivity contribution in [3.05, 3.63) is 54.1 Å². The molecule has 1 amide bonds. The van der Waals surface area contributed by atoms with E-state index in [1.54, 1.807) is 0 Å². The third-order valence-electron chi connectivity index (χ3n) is 3.24. The third-order valence-corrected chi connectivity index (χ3v) is 3.24. The minimum Gasteiger partial charge on any atom is -0.326 e. The van der Waals surface area contributed by atoms with Gasteiger partial charge in [0.05, 0.1) is 0 Å². The lowest BCUT2D eigenvalue weighted by molar-refractivity contribution is -0.114. The maximum Gasteiger partial charge on any atom is 0.221 e. The van der Waals surface area contributed by atoms with Gasteiger partial charge in [0.15, 0.2) is 0 Å². The number of amides is 1. The molecule has 2 aromatic rings. The molecular weight excluding hydrogens is 246 g/mol. The summed E-state index contributed by atoms with van der Waals surface area (Å²) in [6, 6.07) is 16.5. The summed E-state index contributed by atoms with van der Waals surface area (Å²) in [4.78, 5) is 11.1. The van der Waals surface area contributed by atoms with Gasteiger partial charge in [0, 0.05) is 12.6 Å². The van der Waals surface area contributed by atoms with E-state index >= 15 is 0 Å². The summed E-state index contributed by atoms with van der Waals surface area (Å²) >= 11 is 0. The van der Waals surface area contributed by atoms with Gasteiger partial charge in [-0.2, -0.15) is 0 Å². The van der Waals surface area contributed by atoms with Crippen molar-refractivity contribution in [1.29, 1.82) is 0 Å². The molecule has 0 aliphatic heterocycles. The normalized spacial score (nSPS) is 11.2. The Kier molecular flexibility index (Phi) is 3.93. The SMILES string of the molecule is CC(=O)Nc1cccc(-c2cccc(C(C)(C)C)c2)c1. The first-order chi connectivity index (χ1) is 9.36. The number of hydrogen-bond acceptors (Lipinski definition) is 1. The molecular formula is C18H21NO. The van der Waals surface area contributed by atoms with E-state index in [1.807, 2.05) is 18.2 Å². The molecule has 2 nitrogen and oxygen atoms in total. The van der Waals surface area contributed by atoms with Crippen LogP contribution in [0.4, 0.5) is 5.69 Å². The Hall–Kier alpha value is -2.09. The van der Waals surface area contributed by atoms with Crippen molar-refractivity contribution in [2.24, 2.45) is 0 Å². The molecule has 0 aromatic heterocycles. The number of carbonyl (C=O) groups excluding carboxylic acids is 1. The summed E-state index contributed by atoms with van der Waals surface area (Å²) in [6.07, 6.45) is 0. The topological polar surface area (TPSA) is 29.1 Å². The number of anilines is 1. The van der Waals surface area contributed by atoms with Gasteiger partial charge in [0.2, 0.25) is 5.91 Å². The van der Waals surface area contributed by atoms with E-state index in [4.69, 9.17) is 0 Å². The Balaban J connectivity index is 2.39. The van der Waals surface area contributed by atoms with Crippen LogP contribution >= 0.6 is 0 Å². The van der Waals surface area contributed by atoms with E-state index < -0.39 is 0 Å². The fraction of sp³-hybridized carbons (Fsp3) is 0.278. The molecule has 0 aliphatic rings. The van der Waals surface area contributed by atoms with E-state index in [-0.39, 0.29) is 11.3 Å². The molecule has 0 aliphatic carbocycles. The fourth-order valence-corrected chi connectivity index (χ4v) is 2.15. The van der Waals surface area contributed by atoms with E-state index in [9.17, 15) is 4.79 Å². The molecule has 0 spiro atoms. The molecule has 2 aromatic carbocycles. The number of nitrogens with one attached hydrogen (secondary N) is 1. The smallest absolute Gasteiger partial charge is 0.221 e. The molecule has 2 heteroatoms. The maximum absolute atomic E-state index is 11.1. The van der Waals surface area contributed by atoms with Gasteiger partial charge in [0.1, 0.15) is 0 Å². The third kappa shape index (κ3) is 3.47. The summed E-state index contributed by atoms with van der Waals surface area (Å²) in [6.45, 7) is 8.15. The highest BCUT2D eigenvalue weighted by Gasteiger charge is 2.14. The first-order valence-electron chi connectivity index (χ1n) is 6.85. The van der Waals surface area contributed by atoms with Crippen LogP contribution in [0.15, 0.2) is 48.5 Å². The molecule has 0 fully saturated rings. The van der Waals surface area contributed by atoms with Gasteiger partial charge >= 0.3 is 0 Å². The van der Waals surface area contributed by atoms with Gasteiger partial charge in [0.25, 0.3) is 0 Å². The van der Waals surface area contributed by atoms with Crippen LogP contribution in [0.3, 0.4) is 0 Å². The molecule has 0 saturated carbocycles. The molecule has 0 unspecified atom stereocenters. The van der Waals surface area contributed by atoms with Gasteiger partial charge < -0.3 is 5.32 Å². The van der Waals surface area contributed by atoms with Crippen molar-refractivity contribution >= 4 is 11.6 Å². The van der Waals surface area contributed by atoms with Crippen LogP contribution in [0.25, 0.3) is 11.1 Å². The monoisotopic (exact) mass is 267 g/mol. The predicted molar refractivity (Wildman–Crippen MR) is 84.9 cm³/mol. The first-order valence-corrected chi connectivity index (χ1v) is 6.85. The van der Waals surface area contributed by atoms with E-state index in [0.717, 1.165) is 11.3 Å². The highest BCUT2D eigenvalue weighted by molar-refractivity contribution is 5.89. The van der Waals surface area contributed by atoms with Gasteiger partial charge in [-0.1, -0.05) is 57.2 Å². The lowest BCUT2D eigenvalue weighted by Gasteiger charge is -2.20. The number of rotatable bonds is 2. The van der Waals surface area contributed by atoms with E-state index in [1.165, 1.54) is 18.1 Å². The van der Waals surface area contributed by atoms with Crippen molar-refractivity contribution in [1.82, 2.24) is 0 Å². The second kappa shape index (κ2) is 5.49. The molecule has 0 radical (unpaired) electrons. The Morgan fingerprint density at radius 2 is 1.55 bits per heavy atom. The zero-order valence-electron chi connectivity index (χ0n) is 12.5. The second-order valence-electron chi connectivity index (χ2n) is 6.09. The van der Waals surface area contributed by atoms with Crippen LogP contribution < -0.4 is 5.32 Å². The Morgan fingerprint density at radius 1 is 0.950 bits per heavy atom. The van der Waals surface area contributed by atoms with Crippen molar-refractivity contribution < 1.29 is 4.79 Å². The zero-order chi connectivity index (χ0) is 14.8. The minimum atomic E-state index is -0.0504. The average molecular weight is 267 g/mol. The average Bonchev–Trinajstić information content (AvgIpc) is 2.37. The Morgan fingerprint density at radius 3 is 2.15 bits per heavy atom. The number of hydrogen-bond donors (Lipinski definition) is 1. The van der Waals surface area contributed by atoms with Crippen molar-refractivity contribution in [2.45, 2.75) is 33.1 Å². The van der Waals surface area contributed by atoms with Gasteiger partial charge in [-0.15, -0.1) is 0 Å². The quantitative estimate of drug-likeness (QED) is 0.845. The van der Waals surface area contributed by atoms with Crippen LogP contribution in [0.5, 0.6) is 0 Å². The minimum absolute atomic E-state index is 0.0504. The maximum atomic E-state index is 11.1. The second-order valence-corrected chi connectivity index (χ2v) is 6.09. The summed E-state index contributed by atoms with van der Waals surface area (Å²) in [7, 11) is 0. The summed E-state index contributed by atoms with van der Waals surface area (Å²) in [5.41, 5.74) is 4.55. The molecule has 0 saturated heterocycles. The number of carbonyl (C=O) groups is 1. The van der Waals surface area contributed by atoms with Crippen LogP contribution in [0.1, 0.15) is 33.3 Å². The standard InChI is InChI=1S/C18H21NO/c1-13(20)19-17-10-6-8-15(12-17)14-7-5-9-16(11-14)18(2,3)4/h5-12H,1-4H3,(H,19,20). The van der Waals surface area contributed by atoms with E-state index in [0.29, 0.717) is 0 Å². The molecule has 0 heterocycles. The molecule has 104 valence electrons. The summed E-state index contributed by atoms with van der Waals surface area (Å²) in [5.74, 6) is -0.0504. The van der Waals surface area contributed by atoms with Crippen molar-refractivity contribution in [3.63, 3.8) is 0 Å². The molecule has 20 heavy (non-hydrogen) atoms. The van der Waals surface area contributed by atoms with E-state index in [2.05, 4.69) is 56.4 Å². The highest BCUT2D eigenvalue weighted by Crippen LogP contribution is 2.28. The van der Waals surface area contributed by atoms with Crippen molar-refractivity contribution in [3.8, 4) is 11.1 Å². The van der Waals surface area contributed by atoms with Crippen LogP contribution in [-0.4, -0.2) is 5.91 Å². The molecule has 0 bridgehead atoms. The van der Waals surface area contributed by atoms with Gasteiger partial charge in [-0.05, 0) is 34.2 Å². The van der Waals surface area contributed by atoms with Crippen LogP contribution in [0, 0.1) is 0 Å². The van der Waals surface area contributed by atoms with Crippen LogP contribution in [-0.2, 0) is 10.2 Å². The highest BCUT2D eigenvalue weighted by atomic mass is 16.1. The molecule has 2 rings (SSSR count). The lowest BCUT2D eigenvalue weighted by Crippen LogP contribution is -2.10. The fourth-order valence-electron chi connectivity index (χ4n) is 2.15. The first kappa shape index (κ1) is 14.3. The van der Waals surface area contributed by atoms with Gasteiger partial charge in [-0.3, -0.25) is 4.79 Å². The summed E-state index contributed by atoms with van der Waals surface area (Å²) < 4.78 is 0. The summed E-state index contributed by atoms with van der Waals surface area (Å²) in [5, 5.41) is 2.82. The zero-order valence-corrected chi connectivity index (χ0v) is 12.5. The molecule has 1 N–H and O–H groups in total.